The summed E-state index contributed by atoms with van der Waals surface area (Å²) in [5, 5.41) is 2.07. The molecule has 0 atom stereocenters. The zero-order chi connectivity index (χ0) is 5.82. The molecule has 0 aliphatic heterocycles. The average molecular weight is 163 g/mol. The van der Waals surface area contributed by atoms with Crippen molar-refractivity contribution in [3.8, 4) is 0 Å². The van der Waals surface area contributed by atoms with Crippen molar-refractivity contribution in [3.63, 3.8) is 0 Å². The van der Waals surface area contributed by atoms with Crippen LogP contribution < -0.4 is 18.1 Å². The second-order valence-electron chi connectivity index (χ2n) is 1.62. The smallest absolute Gasteiger partial charge is 0.00577 e. The van der Waals surface area contributed by atoms with Gasteiger partial charge in [-0.2, -0.15) is 0 Å². The Bertz CT molecular complexity index is 139. The van der Waals surface area contributed by atoms with E-state index in [4.69, 9.17) is 5.73 Å². The molecule has 1 heterocycles. The molecule has 1 rings (SSSR count). The van der Waals surface area contributed by atoms with E-state index in [2.05, 4.69) is 17.5 Å². The minimum atomic E-state index is 0. The van der Waals surface area contributed by atoms with Crippen molar-refractivity contribution in [2.24, 2.45) is 5.73 Å². The second-order valence-corrected chi connectivity index (χ2v) is 2.65. The summed E-state index contributed by atoms with van der Waals surface area (Å²) in [6.45, 7) is 0.764. The highest BCUT2D eigenvalue weighted by molar-refractivity contribution is 7.09. The Hall–Kier alpha value is -0.0500. The molecule has 0 amide bonds. The minimum absolute atomic E-state index is 0. The monoisotopic (exact) mass is 162 g/mol. The standard InChI is InChI=1S/C6H9NS.ClH/c7-4-3-6-2-1-5-8-6;/h1-2,5H,3-4,7H2;1H/p-1. The molecule has 1 aromatic rings. The van der Waals surface area contributed by atoms with Crippen molar-refractivity contribution in [2.45, 2.75) is 6.42 Å². The quantitative estimate of drug-likeness (QED) is 0.549. The maximum Gasteiger partial charge on any atom is 0.00577 e. The first-order valence-electron chi connectivity index (χ1n) is 2.66. The van der Waals surface area contributed by atoms with E-state index in [1.165, 1.54) is 4.88 Å². The molecule has 0 radical (unpaired) electrons. The normalized spacial score (nSPS) is 8.56. The topological polar surface area (TPSA) is 26.0 Å². The first-order valence-corrected chi connectivity index (χ1v) is 3.54. The Labute approximate surface area is 65.3 Å². The van der Waals surface area contributed by atoms with Gasteiger partial charge in [-0.1, -0.05) is 6.07 Å². The molecule has 0 bridgehead atoms. The van der Waals surface area contributed by atoms with E-state index in [0.29, 0.717) is 0 Å². The summed E-state index contributed by atoms with van der Waals surface area (Å²) in [5.41, 5.74) is 5.33. The Balaban J connectivity index is 0.000000640. The van der Waals surface area contributed by atoms with Crippen molar-refractivity contribution in [1.29, 1.82) is 0 Å². The zero-order valence-corrected chi connectivity index (χ0v) is 6.58. The van der Waals surface area contributed by atoms with Gasteiger partial charge in [-0.05, 0) is 24.4 Å². The molecule has 0 aromatic carbocycles. The van der Waals surface area contributed by atoms with Crippen LogP contribution in [-0.2, 0) is 6.42 Å². The second kappa shape index (κ2) is 4.79. The molecule has 0 spiro atoms. The summed E-state index contributed by atoms with van der Waals surface area (Å²) in [4.78, 5) is 1.38. The highest BCUT2D eigenvalue weighted by Gasteiger charge is 1.87. The van der Waals surface area contributed by atoms with Gasteiger partial charge >= 0.3 is 0 Å². The Kier molecular flexibility index (Phi) is 4.77. The summed E-state index contributed by atoms with van der Waals surface area (Å²) < 4.78 is 0. The third kappa shape index (κ3) is 2.84. The molecule has 1 nitrogen and oxygen atoms in total. The van der Waals surface area contributed by atoms with E-state index in [1.54, 1.807) is 11.3 Å². The summed E-state index contributed by atoms with van der Waals surface area (Å²) in [7, 11) is 0. The number of hydrogen-bond acceptors (Lipinski definition) is 2. The van der Waals surface area contributed by atoms with Crippen LogP contribution in [0.1, 0.15) is 4.88 Å². The summed E-state index contributed by atoms with van der Waals surface area (Å²) in [6.07, 6.45) is 1.03. The summed E-state index contributed by atoms with van der Waals surface area (Å²) in [6, 6.07) is 4.16. The van der Waals surface area contributed by atoms with Gasteiger partial charge in [-0.25, -0.2) is 0 Å². The number of halogens is 1. The highest BCUT2D eigenvalue weighted by atomic mass is 35.5. The van der Waals surface area contributed by atoms with Gasteiger partial charge in [-0.15, -0.1) is 11.3 Å². The third-order valence-electron chi connectivity index (χ3n) is 0.971. The molecule has 0 unspecified atom stereocenters. The van der Waals surface area contributed by atoms with Crippen LogP contribution >= 0.6 is 11.3 Å². The van der Waals surface area contributed by atoms with Crippen LogP contribution in [0.15, 0.2) is 17.5 Å². The lowest BCUT2D eigenvalue weighted by atomic mass is 10.3. The van der Waals surface area contributed by atoms with Crippen molar-refractivity contribution >= 4 is 11.3 Å². The lowest BCUT2D eigenvalue weighted by Crippen LogP contribution is -3.00. The van der Waals surface area contributed by atoms with Crippen LogP contribution in [0.25, 0.3) is 0 Å². The van der Waals surface area contributed by atoms with Crippen LogP contribution in [0.3, 0.4) is 0 Å². The van der Waals surface area contributed by atoms with Gasteiger partial charge in [0.15, 0.2) is 0 Å². The van der Waals surface area contributed by atoms with Gasteiger partial charge < -0.3 is 18.1 Å². The largest absolute Gasteiger partial charge is 1.00 e. The zero-order valence-electron chi connectivity index (χ0n) is 5.01. The minimum Gasteiger partial charge on any atom is -1.00 e. The fraction of sp³-hybridized carbons (Fsp3) is 0.333. The average Bonchev–Trinajstić information content (AvgIpc) is 2.19. The summed E-state index contributed by atoms with van der Waals surface area (Å²) >= 11 is 1.77. The number of rotatable bonds is 2. The van der Waals surface area contributed by atoms with Crippen LogP contribution in [-0.4, -0.2) is 6.54 Å². The number of nitrogens with two attached hydrogens (primary N) is 1. The molecule has 52 valence electrons. The maximum absolute atomic E-state index is 5.33. The molecule has 2 N–H and O–H groups in total. The molecular weight excluding hydrogens is 154 g/mol. The van der Waals surface area contributed by atoms with Gasteiger partial charge in [0.2, 0.25) is 0 Å². The number of thiophene rings is 1. The lowest BCUT2D eigenvalue weighted by molar-refractivity contribution is -0.00000168. The molecule has 0 saturated heterocycles. The van der Waals surface area contributed by atoms with Crippen molar-refractivity contribution < 1.29 is 12.4 Å². The van der Waals surface area contributed by atoms with Gasteiger partial charge in [-0.3, -0.25) is 0 Å². The molecule has 0 fully saturated rings. The van der Waals surface area contributed by atoms with Gasteiger partial charge in [0, 0.05) is 4.88 Å². The summed E-state index contributed by atoms with van der Waals surface area (Å²) in [5.74, 6) is 0. The fourth-order valence-corrected chi connectivity index (χ4v) is 1.32. The van der Waals surface area contributed by atoms with Crippen molar-refractivity contribution in [3.05, 3.63) is 22.4 Å². The van der Waals surface area contributed by atoms with Crippen LogP contribution in [0.2, 0.25) is 0 Å². The molecule has 9 heavy (non-hydrogen) atoms. The van der Waals surface area contributed by atoms with Gasteiger partial charge in [0.25, 0.3) is 0 Å². The van der Waals surface area contributed by atoms with Crippen molar-refractivity contribution in [1.82, 2.24) is 0 Å². The highest BCUT2D eigenvalue weighted by Crippen LogP contribution is 2.07. The van der Waals surface area contributed by atoms with Gasteiger partial charge in [0.05, 0.1) is 0 Å². The fourth-order valence-electron chi connectivity index (χ4n) is 0.597. The maximum atomic E-state index is 5.33. The Morgan fingerprint density at radius 3 is 2.78 bits per heavy atom. The lowest BCUT2D eigenvalue weighted by Gasteiger charge is -1.86. The first kappa shape index (κ1) is 8.95. The third-order valence-corrected chi connectivity index (χ3v) is 1.91. The molecule has 3 heteroatoms. The predicted molar refractivity (Wildman–Crippen MR) is 37.1 cm³/mol. The molecule has 1 aromatic heterocycles. The SMILES string of the molecule is NCCc1cccs1.[Cl-]. The van der Waals surface area contributed by atoms with Crippen molar-refractivity contribution in [2.75, 3.05) is 6.54 Å². The molecule has 0 aliphatic rings. The molecule has 0 saturated carbocycles. The van der Waals surface area contributed by atoms with E-state index in [0.717, 1.165) is 13.0 Å². The van der Waals surface area contributed by atoms with Crippen LogP contribution in [0.5, 0.6) is 0 Å². The van der Waals surface area contributed by atoms with E-state index in [9.17, 15) is 0 Å². The Morgan fingerprint density at radius 1 is 1.56 bits per heavy atom. The van der Waals surface area contributed by atoms with E-state index in [1.807, 2.05) is 0 Å². The molecular formula is C6H9ClNS-. The van der Waals surface area contributed by atoms with Crippen LogP contribution in [0.4, 0.5) is 0 Å². The van der Waals surface area contributed by atoms with E-state index < -0.39 is 0 Å². The first-order chi connectivity index (χ1) is 3.93. The van der Waals surface area contributed by atoms with Gasteiger partial charge in [0.1, 0.15) is 0 Å². The van der Waals surface area contributed by atoms with E-state index in [-0.39, 0.29) is 12.4 Å². The predicted octanol–water partition coefficient (Wildman–Crippen LogP) is -1.75. The number of hydrogen-bond donors (Lipinski definition) is 1. The molecule has 0 aliphatic carbocycles. The van der Waals surface area contributed by atoms with E-state index >= 15 is 0 Å². The Morgan fingerprint density at radius 2 is 2.33 bits per heavy atom. The van der Waals surface area contributed by atoms with Crippen LogP contribution in [0, 0.1) is 0 Å².